The summed E-state index contributed by atoms with van der Waals surface area (Å²) in [6.07, 6.45) is 13.5. The van der Waals surface area contributed by atoms with E-state index in [1.54, 1.807) is 0 Å². The van der Waals surface area contributed by atoms with E-state index in [0.29, 0.717) is 11.8 Å². The molecule has 26 heavy (non-hydrogen) atoms. The van der Waals surface area contributed by atoms with Crippen LogP contribution in [0.15, 0.2) is 73.7 Å². The van der Waals surface area contributed by atoms with Gasteiger partial charge in [-0.3, -0.25) is 0 Å². The van der Waals surface area contributed by atoms with Crippen molar-refractivity contribution >= 4 is 11.1 Å². The predicted octanol–water partition coefficient (Wildman–Crippen LogP) is 4.36. The van der Waals surface area contributed by atoms with Crippen molar-refractivity contribution in [2.45, 2.75) is 40.2 Å². The van der Waals surface area contributed by atoms with E-state index in [2.05, 4.69) is 62.1 Å². The van der Waals surface area contributed by atoms with Crippen molar-refractivity contribution in [3.05, 3.63) is 84.2 Å². The number of H-pyrrole nitrogens is 1. The van der Waals surface area contributed by atoms with Crippen molar-refractivity contribution in [2.75, 3.05) is 0 Å². The Kier molecular flexibility index (Phi) is 6.68. The zero-order valence-corrected chi connectivity index (χ0v) is 16.6. The third-order valence-corrected chi connectivity index (χ3v) is 5.09. The van der Waals surface area contributed by atoms with Gasteiger partial charge in [0.15, 0.2) is 0 Å². The van der Waals surface area contributed by atoms with Gasteiger partial charge in [-0.2, -0.15) is 0 Å². The van der Waals surface area contributed by atoms with E-state index in [1.165, 1.54) is 27.3 Å². The molecule has 2 N–H and O–H groups in total. The number of aromatic amines is 1. The van der Waals surface area contributed by atoms with E-state index in [9.17, 15) is 0 Å². The minimum absolute atomic E-state index is 0.224. The molecule has 138 valence electrons. The molecular formula is C24H32N2. The van der Waals surface area contributed by atoms with E-state index in [1.807, 2.05) is 38.3 Å². The standard InChI is InChI=1S/C22H26N2.C2H6/c1-6-9-16(7-2)21-19-11-8-10-18(19)20(15(5)24-21)22-17(14(3)4)12-13-23-22;1-2/h6-10,12-13,18-19,21,23-24H,1-2,5,11H2,3-4H3;1-2H3/b16-9+,22-20-;. The fourth-order valence-corrected chi connectivity index (χ4v) is 3.99. The van der Waals surface area contributed by atoms with E-state index in [4.69, 9.17) is 0 Å². The van der Waals surface area contributed by atoms with Crippen molar-refractivity contribution < 1.29 is 0 Å². The van der Waals surface area contributed by atoms with Crippen LogP contribution in [0.5, 0.6) is 0 Å². The first kappa shape index (κ1) is 19.8. The second kappa shape index (κ2) is 8.75. The summed E-state index contributed by atoms with van der Waals surface area (Å²) in [6.45, 7) is 20.5. The van der Waals surface area contributed by atoms with Crippen LogP contribution in [-0.4, -0.2) is 11.0 Å². The topological polar surface area (TPSA) is 27.8 Å². The van der Waals surface area contributed by atoms with Gasteiger partial charge in [0.1, 0.15) is 0 Å². The zero-order valence-electron chi connectivity index (χ0n) is 16.6. The molecule has 2 aliphatic rings. The minimum Gasteiger partial charge on any atom is -0.378 e. The van der Waals surface area contributed by atoms with Gasteiger partial charge in [-0.25, -0.2) is 0 Å². The van der Waals surface area contributed by atoms with Gasteiger partial charge in [-0.05, 0) is 43.0 Å². The third-order valence-electron chi connectivity index (χ3n) is 5.09. The highest BCUT2D eigenvalue weighted by Crippen LogP contribution is 2.42. The monoisotopic (exact) mass is 348 g/mol. The molecule has 0 amide bonds. The lowest BCUT2D eigenvalue weighted by atomic mass is 9.75. The van der Waals surface area contributed by atoms with Gasteiger partial charge >= 0.3 is 0 Å². The molecular weight excluding hydrogens is 316 g/mol. The highest BCUT2D eigenvalue weighted by Gasteiger charge is 2.39. The van der Waals surface area contributed by atoms with Gasteiger partial charge in [-0.15, -0.1) is 0 Å². The SMILES string of the molecule is C=C/C=C(\C=C)C1NC(=C)/C(=c2/[nH]ccc2=C(C)C)C2C=CCC21.CC. The van der Waals surface area contributed by atoms with Crippen molar-refractivity contribution in [1.29, 1.82) is 0 Å². The fraction of sp³-hybridized carbons (Fsp3) is 0.333. The van der Waals surface area contributed by atoms with Crippen molar-refractivity contribution in [2.24, 2.45) is 11.8 Å². The van der Waals surface area contributed by atoms with Gasteiger partial charge in [0.25, 0.3) is 0 Å². The Morgan fingerprint density at radius 2 is 1.96 bits per heavy atom. The number of aromatic nitrogens is 1. The maximum atomic E-state index is 4.34. The van der Waals surface area contributed by atoms with Crippen LogP contribution >= 0.6 is 0 Å². The second-order valence-corrected chi connectivity index (χ2v) is 6.74. The van der Waals surface area contributed by atoms with Crippen molar-refractivity contribution in [1.82, 2.24) is 10.3 Å². The van der Waals surface area contributed by atoms with Gasteiger partial charge < -0.3 is 10.3 Å². The lowest BCUT2D eigenvalue weighted by molar-refractivity contribution is 0.373. The normalized spacial score (nSPS) is 26.4. The molecule has 2 heteroatoms. The Balaban J connectivity index is 0.00000117. The molecule has 0 saturated carbocycles. The molecule has 3 unspecified atom stereocenters. The van der Waals surface area contributed by atoms with Crippen LogP contribution in [-0.2, 0) is 0 Å². The van der Waals surface area contributed by atoms with Crippen molar-refractivity contribution in [3.8, 4) is 0 Å². The highest BCUT2D eigenvalue weighted by atomic mass is 15.0. The molecule has 2 nitrogen and oxygen atoms in total. The number of hydrogen-bond donors (Lipinski definition) is 2. The predicted molar refractivity (Wildman–Crippen MR) is 115 cm³/mol. The van der Waals surface area contributed by atoms with E-state index in [0.717, 1.165) is 12.1 Å². The molecule has 2 heterocycles. The molecule has 1 aromatic rings. The van der Waals surface area contributed by atoms with Crippen LogP contribution in [0.2, 0.25) is 0 Å². The molecule has 3 rings (SSSR count). The molecule has 0 spiro atoms. The van der Waals surface area contributed by atoms with Crippen molar-refractivity contribution in [3.63, 3.8) is 0 Å². The van der Waals surface area contributed by atoms with Gasteiger partial charge in [0.2, 0.25) is 0 Å². The Labute approximate surface area is 158 Å². The van der Waals surface area contributed by atoms with Crippen LogP contribution in [0, 0.1) is 11.8 Å². The average molecular weight is 349 g/mol. The highest BCUT2D eigenvalue weighted by molar-refractivity contribution is 5.69. The minimum atomic E-state index is 0.224. The summed E-state index contributed by atoms with van der Waals surface area (Å²) < 4.78 is 0. The number of allylic oxidation sites excluding steroid dienone is 5. The molecule has 1 fully saturated rings. The molecule has 1 aromatic heterocycles. The number of rotatable bonds is 3. The summed E-state index contributed by atoms with van der Waals surface area (Å²) in [6, 6.07) is 2.37. The summed E-state index contributed by atoms with van der Waals surface area (Å²) >= 11 is 0. The first-order valence-electron chi connectivity index (χ1n) is 9.51. The van der Waals surface area contributed by atoms with Crippen LogP contribution in [0.25, 0.3) is 11.1 Å². The van der Waals surface area contributed by atoms with Crippen LogP contribution < -0.4 is 15.9 Å². The summed E-state index contributed by atoms with van der Waals surface area (Å²) in [5, 5.41) is 6.11. The van der Waals surface area contributed by atoms with Crippen LogP contribution in [0.3, 0.4) is 0 Å². The van der Waals surface area contributed by atoms with Gasteiger partial charge in [0.05, 0.1) is 11.4 Å². The Hall–Kier alpha value is -2.48. The Morgan fingerprint density at radius 3 is 2.58 bits per heavy atom. The number of fused-ring (bicyclic) bond motifs is 1. The summed E-state index contributed by atoms with van der Waals surface area (Å²) in [5.74, 6) is 0.844. The maximum absolute atomic E-state index is 4.34. The molecule has 3 atom stereocenters. The number of piperidine rings is 1. The maximum Gasteiger partial charge on any atom is 0.0553 e. The first-order chi connectivity index (χ1) is 12.6. The zero-order chi connectivity index (χ0) is 19.3. The summed E-state index contributed by atoms with van der Waals surface area (Å²) in [5.41, 5.74) is 4.77. The number of hydrogen-bond acceptors (Lipinski definition) is 1. The van der Waals surface area contributed by atoms with Crippen LogP contribution in [0.1, 0.15) is 34.1 Å². The molecule has 0 aromatic carbocycles. The lowest BCUT2D eigenvalue weighted by Crippen LogP contribution is -2.47. The molecule has 1 aliphatic heterocycles. The second-order valence-electron chi connectivity index (χ2n) is 6.74. The van der Waals surface area contributed by atoms with Gasteiger partial charge in [0, 0.05) is 23.4 Å². The first-order valence-corrected chi connectivity index (χ1v) is 9.51. The lowest BCUT2D eigenvalue weighted by Gasteiger charge is -2.39. The average Bonchev–Trinajstić information content (AvgIpc) is 3.30. The van der Waals surface area contributed by atoms with E-state index in [-0.39, 0.29) is 6.04 Å². The smallest absolute Gasteiger partial charge is 0.0553 e. The molecule has 1 saturated heterocycles. The van der Waals surface area contributed by atoms with Crippen LogP contribution in [0.4, 0.5) is 0 Å². The number of nitrogens with one attached hydrogen (secondary N) is 2. The van der Waals surface area contributed by atoms with Gasteiger partial charge in [-0.1, -0.05) is 69.5 Å². The van der Waals surface area contributed by atoms with E-state index >= 15 is 0 Å². The summed E-state index contributed by atoms with van der Waals surface area (Å²) in [4.78, 5) is 3.44. The Morgan fingerprint density at radius 1 is 1.23 bits per heavy atom. The molecule has 1 aliphatic carbocycles. The third kappa shape index (κ3) is 3.55. The summed E-state index contributed by atoms with van der Waals surface area (Å²) in [7, 11) is 0. The molecule has 0 radical (unpaired) electrons. The Bertz CT molecular complexity index is 856. The fourth-order valence-electron chi connectivity index (χ4n) is 3.99. The van der Waals surface area contributed by atoms with E-state index < -0.39 is 0 Å². The quantitative estimate of drug-likeness (QED) is 0.616. The molecule has 0 bridgehead atoms. The largest absolute Gasteiger partial charge is 0.378 e.